The van der Waals surface area contributed by atoms with Crippen molar-refractivity contribution in [3.63, 3.8) is 0 Å². The molecule has 2 aromatic carbocycles. The molecule has 0 spiro atoms. The fraction of sp³-hybridized carbons (Fsp3) is 0.559. The monoisotopic (exact) mass is 592 g/mol. The number of unbranched alkanes of at least 4 members (excludes halogenated alkanes) is 1. The Labute approximate surface area is 251 Å². The molecule has 0 aromatic heterocycles. The van der Waals surface area contributed by atoms with Crippen molar-refractivity contribution in [2.24, 2.45) is 17.6 Å². The number of rotatable bonds is 11. The number of aryl methyl sites for hydroxylation is 1. The molecule has 0 heterocycles. The molecule has 8 heteroatoms. The van der Waals surface area contributed by atoms with Gasteiger partial charge in [-0.05, 0) is 61.8 Å². The van der Waals surface area contributed by atoms with Crippen molar-refractivity contribution in [3.05, 3.63) is 71.3 Å². The number of alkyl halides is 3. The maximum Gasteiger partial charge on any atom is 0.416 e. The summed E-state index contributed by atoms with van der Waals surface area (Å²) >= 11 is 0. The molecule has 236 valence electrons. The molecule has 5 nitrogen and oxygen atoms in total. The summed E-state index contributed by atoms with van der Waals surface area (Å²) in [4.78, 5) is 35.6. The van der Waals surface area contributed by atoms with E-state index in [1.54, 1.807) is 0 Å². The van der Waals surface area contributed by atoms with Crippen molar-refractivity contribution in [2.75, 3.05) is 0 Å². The van der Waals surface area contributed by atoms with Gasteiger partial charge in [-0.1, -0.05) is 96.3 Å². The third kappa shape index (κ3) is 16.3. The van der Waals surface area contributed by atoms with Crippen molar-refractivity contribution in [2.45, 2.75) is 112 Å². The molecule has 1 saturated carbocycles. The molecule has 0 aliphatic heterocycles. The van der Waals surface area contributed by atoms with Gasteiger partial charge in [0.2, 0.25) is 17.7 Å². The van der Waals surface area contributed by atoms with Gasteiger partial charge in [0.05, 0.1) is 12.1 Å². The van der Waals surface area contributed by atoms with Gasteiger partial charge in [-0.25, -0.2) is 0 Å². The van der Waals surface area contributed by atoms with E-state index in [-0.39, 0.29) is 30.2 Å². The van der Waals surface area contributed by atoms with Gasteiger partial charge in [0.1, 0.15) is 0 Å². The fourth-order valence-electron chi connectivity index (χ4n) is 4.03. The van der Waals surface area contributed by atoms with Gasteiger partial charge >= 0.3 is 6.18 Å². The second kappa shape index (κ2) is 21.5. The largest absolute Gasteiger partial charge is 0.416 e. The zero-order chi connectivity index (χ0) is 32.1. The molecule has 0 radical (unpaired) electrons. The maximum atomic E-state index is 12.6. The highest BCUT2D eigenvalue weighted by atomic mass is 19.4. The Hall–Kier alpha value is -3.16. The first-order chi connectivity index (χ1) is 19.9. The Morgan fingerprint density at radius 3 is 1.74 bits per heavy atom. The van der Waals surface area contributed by atoms with Gasteiger partial charge in [-0.2, -0.15) is 13.2 Å². The first-order valence-electron chi connectivity index (χ1n) is 15.3. The van der Waals surface area contributed by atoms with Crippen LogP contribution < -0.4 is 5.73 Å². The lowest BCUT2D eigenvalue weighted by Gasteiger charge is -2.25. The normalized spacial score (nSPS) is 12.0. The van der Waals surface area contributed by atoms with Crippen molar-refractivity contribution in [1.29, 1.82) is 0 Å². The van der Waals surface area contributed by atoms with Crippen LogP contribution in [-0.4, -0.2) is 22.6 Å². The van der Waals surface area contributed by atoms with Gasteiger partial charge in [0, 0.05) is 18.8 Å². The number of nitrogens with two attached hydrogens (primary N) is 1. The van der Waals surface area contributed by atoms with Crippen LogP contribution in [0.25, 0.3) is 0 Å². The van der Waals surface area contributed by atoms with Crippen LogP contribution in [0, 0.1) is 11.8 Å². The number of hydrogen-bond donors (Lipinski definition) is 1. The van der Waals surface area contributed by atoms with Gasteiger partial charge < -0.3 is 5.73 Å². The Bertz CT molecular complexity index is 1010. The number of benzene rings is 2. The first kappa shape index (κ1) is 38.8. The molecule has 42 heavy (non-hydrogen) atoms. The molecule has 0 unspecified atom stereocenters. The van der Waals surface area contributed by atoms with E-state index in [2.05, 4.69) is 37.3 Å². The number of nitrogens with zero attached hydrogens (tertiary/aromatic N) is 1. The van der Waals surface area contributed by atoms with Crippen molar-refractivity contribution in [1.82, 2.24) is 4.90 Å². The summed E-state index contributed by atoms with van der Waals surface area (Å²) in [5.74, 6) is -0.749. The quantitative estimate of drug-likeness (QED) is 0.283. The number of carbonyl (C=O) groups excluding carboxylic acids is 3. The van der Waals surface area contributed by atoms with E-state index in [1.807, 2.05) is 27.7 Å². The first-order valence-corrected chi connectivity index (χ1v) is 15.3. The van der Waals surface area contributed by atoms with Crippen molar-refractivity contribution in [3.8, 4) is 0 Å². The number of carbonyl (C=O) groups is 3. The molecule has 2 N–H and O–H groups in total. The van der Waals surface area contributed by atoms with Crippen LogP contribution in [0.15, 0.2) is 54.6 Å². The van der Waals surface area contributed by atoms with E-state index in [4.69, 9.17) is 5.73 Å². The second-order valence-corrected chi connectivity index (χ2v) is 10.2. The molecule has 1 fully saturated rings. The highest BCUT2D eigenvalue weighted by Gasteiger charge is 2.30. The molecule has 3 rings (SSSR count). The average molecular weight is 593 g/mol. The van der Waals surface area contributed by atoms with E-state index >= 15 is 0 Å². The van der Waals surface area contributed by atoms with Crippen LogP contribution in [0.4, 0.5) is 13.2 Å². The summed E-state index contributed by atoms with van der Waals surface area (Å²) in [6, 6.07) is 15.2. The summed E-state index contributed by atoms with van der Waals surface area (Å²) in [7, 11) is 0. The molecule has 0 atom stereocenters. The van der Waals surface area contributed by atoms with Gasteiger partial charge in [0.15, 0.2) is 0 Å². The lowest BCUT2D eigenvalue weighted by Crippen LogP contribution is -2.39. The summed E-state index contributed by atoms with van der Waals surface area (Å²) in [6.07, 6.45) is 4.54. The Morgan fingerprint density at radius 2 is 1.38 bits per heavy atom. The standard InChI is InChI=1S/C18H24F3NO2.C10H14.C4H7NO.C2H6/c1-4-6-15(7-5-2)17(24)22(13(3)23)12-14-8-10-16(11-9-14)18(19,20)21;1-2-3-7-10-8-5-4-6-9-10;5-4(6)3-1-2-3;1-2/h8-11,15H,4-7,12H2,1-3H3;4-6,8-9H,2-3,7H2,1H3;3H,1-2H2,(H2,5,6);1-2H3. The zero-order valence-corrected chi connectivity index (χ0v) is 26.3. The molecule has 2 aromatic rings. The van der Waals surface area contributed by atoms with E-state index in [1.165, 1.54) is 43.9 Å². The van der Waals surface area contributed by atoms with E-state index < -0.39 is 17.6 Å². The highest BCUT2D eigenvalue weighted by Crippen LogP contribution is 2.29. The van der Waals surface area contributed by atoms with Gasteiger partial charge in [-0.15, -0.1) is 0 Å². The number of amides is 3. The molecule has 1 aliphatic carbocycles. The molecular weight excluding hydrogens is 541 g/mol. The Morgan fingerprint density at radius 1 is 0.857 bits per heavy atom. The Kier molecular flexibility index (Phi) is 19.9. The number of primary amides is 1. The minimum atomic E-state index is -4.40. The number of imide groups is 1. The van der Waals surface area contributed by atoms with Gasteiger partial charge in [0.25, 0.3) is 0 Å². The number of hydrogen-bond acceptors (Lipinski definition) is 3. The van der Waals surface area contributed by atoms with Crippen LogP contribution in [0.2, 0.25) is 0 Å². The van der Waals surface area contributed by atoms with E-state index in [9.17, 15) is 27.6 Å². The predicted molar refractivity (Wildman–Crippen MR) is 164 cm³/mol. The summed E-state index contributed by atoms with van der Waals surface area (Å²) < 4.78 is 37.8. The fourth-order valence-corrected chi connectivity index (χ4v) is 4.03. The zero-order valence-electron chi connectivity index (χ0n) is 26.3. The highest BCUT2D eigenvalue weighted by molar-refractivity contribution is 5.95. The summed E-state index contributed by atoms with van der Waals surface area (Å²) in [5.41, 5.74) is 6.07. The second-order valence-electron chi connectivity index (χ2n) is 10.2. The van der Waals surface area contributed by atoms with Crippen LogP contribution >= 0.6 is 0 Å². The molecular formula is C34H51F3N2O3. The van der Waals surface area contributed by atoms with E-state index in [0.717, 1.165) is 42.7 Å². The smallest absolute Gasteiger partial charge is 0.369 e. The van der Waals surface area contributed by atoms with Crippen LogP contribution in [0.3, 0.4) is 0 Å². The Balaban J connectivity index is 0.000000753. The average Bonchev–Trinajstić information content (AvgIpc) is 3.83. The van der Waals surface area contributed by atoms with Crippen molar-refractivity contribution >= 4 is 17.7 Å². The third-order valence-corrected chi connectivity index (χ3v) is 6.53. The minimum Gasteiger partial charge on any atom is -0.369 e. The maximum absolute atomic E-state index is 12.6. The van der Waals surface area contributed by atoms with E-state index in [0.29, 0.717) is 18.4 Å². The summed E-state index contributed by atoms with van der Waals surface area (Å²) in [6.45, 7) is 11.5. The molecule has 1 aliphatic rings. The van der Waals surface area contributed by atoms with Crippen LogP contribution in [-0.2, 0) is 33.5 Å². The van der Waals surface area contributed by atoms with Crippen LogP contribution in [0.1, 0.15) is 110 Å². The summed E-state index contributed by atoms with van der Waals surface area (Å²) in [5, 5.41) is 0. The molecule has 0 bridgehead atoms. The topological polar surface area (TPSA) is 80.5 Å². The lowest BCUT2D eigenvalue weighted by molar-refractivity contribution is -0.147. The minimum absolute atomic E-state index is 0.00374. The SMILES string of the molecule is CC.CCCC(CCC)C(=O)N(Cc1ccc(C(F)(F)F)cc1)C(C)=O.CCCCc1ccccc1.NC(=O)C1CC1. The van der Waals surface area contributed by atoms with Crippen molar-refractivity contribution < 1.29 is 27.6 Å². The van der Waals surface area contributed by atoms with Crippen LogP contribution in [0.5, 0.6) is 0 Å². The lowest BCUT2D eigenvalue weighted by atomic mass is 9.96. The number of halogens is 3. The van der Waals surface area contributed by atoms with Gasteiger partial charge in [-0.3, -0.25) is 19.3 Å². The molecule has 3 amide bonds. The third-order valence-electron chi connectivity index (χ3n) is 6.53. The predicted octanol–water partition coefficient (Wildman–Crippen LogP) is 8.73. The molecule has 0 saturated heterocycles.